The second-order valence-corrected chi connectivity index (χ2v) is 9.68. The molecule has 10 heteroatoms. The monoisotopic (exact) mass is 497 g/mol. The Bertz CT molecular complexity index is 1540. The Balaban J connectivity index is 1.32. The third-order valence-corrected chi connectivity index (χ3v) is 7.07. The lowest BCUT2D eigenvalue weighted by atomic mass is 10.0. The molecule has 37 heavy (non-hydrogen) atoms. The van der Waals surface area contributed by atoms with Gasteiger partial charge in [-0.05, 0) is 56.9 Å². The third-order valence-electron chi connectivity index (χ3n) is 7.07. The van der Waals surface area contributed by atoms with E-state index in [0.29, 0.717) is 24.0 Å². The van der Waals surface area contributed by atoms with Crippen LogP contribution in [0, 0.1) is 0 Å². The average molecular weight is 498 g/mol. The molecule has 1 atom stereocenters. The number of nitrogens with one attached hydrogen (secondary N) is 1. The van der Waals surface area contributed by atoms with Gasteiger partial charge in [0.15, 0.2) is 5.82 Å². The molecule has 5 heterocycles. The van der Waals surface area contributed by atoms with Gasteiger partial charge < -0.3 is 19.6 Å². The van der Waals surface area contributed by atoms with Crippen LogP contribution in [0.15, 0.2) is 53.7 Å². The van der Waals surface area contributed by atoms with Crippen molar-refractivity contribution in [2.45, 2.75) is 51.1 Å². The van der Waals surface area contributed by atoms with Crippen molar-refractivity contribution in [3.05, 3.63) is 76.2 Å². The highest BCUT2D eigenvalue weighted by Gasteiger charge is 2.26. The topological polar surface area (TPSA) is 128 Å². The molecule has 4 aromatic rings. The standard InChI is InChI=1S/C27H27N7O3/c1-16(14-35)34-15-29-32-25(34)22-4-2-6-24(30-22)31-26(36)20-12-19(23-5-3-11-33(23)27(20)37)18-9-10-21(28-13-18)17-7-8-17/h2,4,6,9-10,12-13,15-17,35H,3,5,7-8,11,14H2,1H3,(H,30,31,36)/t16-/m1/s1. The lowest BCUT2D eigenvalue weighted by molar-refractivity contribution is 0.102. The van der Waals surface area contributed by atoms with Crippen LogP contribution in [0.25, 0.3) is 22.6 Å². The van der Waals surface area contributed by atoms with E-state index in [0.717, 1.165) is 35.4 Å². The fourth-order valence-corrected chi connectivity index (χ4v) is 4.86. The van der Waals surface area contributed by atoms with Crippen LogP contribution in [-0.4, -0.2) is 46.9 Å². The number of fused-ring (bicyclic) bond motifs is 1. The minimum Gasteiger partial charge on any atom is -0.394 e. The van der Waals surface area contributed by atoms with Gasteiger partial charge in [0.2, 0.25) is 0 Å². The predicted octanol–water partition coefficient (Wildman–Crippen LogP) is 3.19. The van der Waals surface area contributed by atoms with Crippen LogP contribution in [-0.2, 0) is 13.0 Å². The fraction of sp³-hybridized carbons (Fsp3) is 0.333. The maximum atomic E-state index is 13.3. The summed E-state index contributed by atoms with van der Waals surface area (Å²) in [5.74, 6) is 0.796. The van der Waals surface area contributed by atoms with Crippen molar-refractivity contribution in [2.24, 2.45) is 0 Å². The molecule has 1 saturated carbocycles. The van der Waals surface area contributed by atoms with Gasteiger partial charge in [0.05, 0.1) is 12.6 Å². The smallest absolute Gasteiger partial charge is 0.263 e. The lowest BCUT2D eigenvalue weighted by Gasteiger charge is -2.14. The van der Waals surface area contributed by atoms with Gasteiger partial charge >= 0.3 is 0 Å². The predicted molar refractivity (Wildman–Crippen MR) is 137 cm³/mol. The number of hydrogen-bond donors (Lipinski definition) is 2. The summed E-state index contributed by atoms with van der Waals surface area (Å²) in [6.45, 7) is 2.35. The lowest BCUT2D eigenvalue weighted by Crippen LogP contribution is -2.29. The van der Waals surface area contributed by atoms with E-state index in [1.54, 1.807) is 33.4 Å². The summed E-state index contributed by atoms with van der Waals surface area (Å²) >= 11 is 0. The number of aliphatic hydroxyl groups is 1. The number of rotatable bonds is 7. The molecule has 6 rings (SSSR count). The minimum atomic E-state index is -0.522. The van der Waals surface area contributed by atoms with E-state index in [4.69, 9.17) is 0 Å². The zero-order valence-corrected chi connectivity index (χ0v) is 20.5. The van der Waals surface area contributed by atoms with Crippen LogP contribution >= 0.6 is 0 Å². The van der Waals surface area contributed by atoms with E-state index in [9.17, 15) is 14.7 Å². The molecule has 1 aliphatic carbocycles. The Labute approximate surface area is 213 Å². The quantitative estimate of drug-likeness (QED) is 0.401. The van der Waals surface area contributed by atoms with Crippen LogP contribution in [0.3, 0.4) is 0 Å². The van der Waals surface area contributed by atoms with E-state index in [1.807, 2.05) is 19.2 Å². The van der Waals surface area contributed by atoms with Gasteiger partial charge in [0, 0.05) is 41.2 Å². The van der Waals surface area contributed by atoms with Crippen LogP contribution < -0.4 is 10.9 Å². The second kappa shape index (κ2) is 9.36. The van der Waals surface area contributed by atoms with Gasteiger partial charge in [0.1, 0.15) is 23.4 Å². The van der Waals surface area contributed by atoms with Gasteiger partial charge in [-0.15, -0.1) is 10.2 Å². The van der Waals surface area contributed by atoms with Crippen molar-refractivity contribution >= 4 is 11.7 Å². The molecule has 1 amide bonds. The summed E-state index contributed by atoms with van der Waals surface area (Å²) < 4.78 is 3.43. The van der Waals surface area contributed by atoms with Gasteiger partial charge in [-0.2, -0.15) is 0 Å². The summed E-state index contributed by atoms with van der Waals surface area (Å²) in [5.41, 5.74) is 4.07. The number of carbonyl (C=O) groups is 1. The number of anilines is 1. The molecule has 4 aromatic heterocycles. The molecule has 0 radical (unpaired) electrons. The number of aliphatic hydroxyl groups excluding tert-OH is 1. The highest BCUT2D eigenvalue weighted by molar-refractivity contribution is 6.04. The fourth-order valence-electron chi connectivity index (χ4n) is 4.86. The number of aromatic nitrogens is 6. The molecule has 10 nitrogen and oxygen atoms in total. The van der Waals surface area contributed by atoms with E-state index < -0.39 is 5.91 Å². The number of nitrogens with zero attached hydrogens (tertiary/aromatic N) is 6. The molecule has 0 bridgehead atoms. The number of hydrogen-bond acceptors (Lipinski definition) is 7. The third kappa shape index (κ3) is 4.33. The maximum Gasteiger partial charge on any atom is 0.263 e. The highest BCUT2D eigenvalue weighted by Crippen LogP contribution is 2.39. The van der Waals surface area contributed by atoms with E-state index >= 15 is 0 Å². The van der Waals surface area contributed by atoms with Crippen molar-refractivity contribution in [3.8, 4) is 22.6 Å². The Morgan fingerprint density at radius 1 is 1.24 bits per heavy atom. The zero-order valence-electron chi connectivity index (χ0n) is 20.5. The Hall–Kier alpha value is -4.18. The van der Waals surface area contributed by atoms with Crippen LogP contribution in [0.4, 0.5) is 5.82 Å². The van der Waals surface area contributed by atoms with E-state index in [1.165, 1.54) is 19.2 Å². The SMILES string of the molecule is C[C@H](CO)n1cnnc1-c1cccc(NC(=O)c2cc(-c3ccc(C4CC4)nc3)c3n(c2=O)CCC3)n1. The van der Waals surface area contributed by atoms with Crippen molar-refractivity contribution < 1.29 is 9.90 Å². The molecule has 188 valence electrons. The summed E-state index contributed by atoms with van der Waals surface area (Å²) in [4.78, 5) is 35.8. The Kier molecular flexibility index (Phi) is 5.88. The van der Waals surface area contributed by atoms with Crippen LogP contribution in [0.5, 0.6) is 0 Å². The molecule has 1 fully saturated rings. The zero-order chi connectivity index (χ0) is 25.5. The molecule has 0 spiro atoms. The Morgan fingerprint density at radius 2 is 2.11 bits per heavy atom. The molecule has 0 unspecified atom stereocenters. The van der Waals surface area contributed by atoms with Gasteiger partial charge in [0.25, 0.3) is 11.5 Å². The van der Waals surface area contributed by atoms with Crippen LogP contribution in [0.2, 0.25) is 0 Å². The molecular weight excluding hydrogens is 470 g/mol. The summed E-state index contributed by atoms with van der Waals surface area (Å²) in [6.07, 6.45) is 7.39. The number of carbonyl (C=O) groups excluding carboxylic acids is 1. The average Bonchev–Trinajstić information content (AvgIpc) is 3.43. The first-order chi connectivity index (χ1) is 18.0. The van der Waals surface area contributed by atoms with Gasteiger partial charge in [-0.3, -0.25) is 14.6 Å². The van der Waals surface area contributed by atoms with Crippen LogP contribution in [0.1, 0.15) is 59.9 Å². The van der Waals surface area contributed by atoms with E-state index in [-0.39, 0.29) is 29.6 Å². The van der Waals surface area contributed by atoms with E-state index in [2.05, 4.69) is 31.5 Å². The Morgan fingerprint density at radius 3 is 2.86 bits per heavy atom. The van der Waals surface area contributed by atoms with Gasteiger partial charge in [-0.25, -0.2) is 4.98 Å². The van der Waals surface area contributed by atoms with Crippen molar-refractivity contribution in [2.75, 3.05) is 11.9 Å². The molecular formula is C27H27N7O3. The van der Waals surface area contributed by atoms with Crippen molar-refractivity contribution in [1.82, 2.24) is 29.3 Å². The first-order valence-electron chi connectivity index (χ1n) is 12.6. The summed E-state index contributed by atoms with van der Waals surface area (Å²) in [6, 6.07) is 10.7. The van der Waals surface area contributed by atoms with Crippen molar-refractivity contribution in [1.29, 1.82) is 0 Å². The van der Waals surface area contributed by atoms with Gasteiger partial charge in [-0.1, -0.05) is 12.1 Å². The highest BCUT2D eigenvalue weighted by atomic mass is 16.3. The molecule has 2 aliphatic rings. The first-order valence-corrected chi connectivity index (χ1v) is 12.6. The normalized spacial score (nSPS) is 15.4. The largest absolute Gasteiger partial charge is 0.394 e. The maximum absolute atomic E-state index is 13.3. The first kappa shape index (κ1) is 23.2. The summed E-state index contributed by atoms with van der Waals surface area (Å²) in [7, 11) is 0. The molecule has 1 aliphatic heterocycles. The molecule has 0 saturated heterocycles. The van der Waals surface area contributed by atoms with Crippen molar-refractivity contribution in [3.63, 3.8) is 0 Å². The number of pyridine rings is 3. The number of amides is 1. The second-order valence-electron chi connectivity index (χ2n) is 9.68. The molecule has 2 N–H and O–H groups in total. The molecule has 0 aromatic carbocycles. The summed E-state index contributed by atoms with van der Waals surface area (Å²) in [5, 5.41) is 20.4. The minimum absolute atomic E-state index is 0.0659.